The molecule has 25 heavy (non-hydrogen) atoms. The van der Waals surface area contributed by atoms with Gasteiger partial charge in [0.2, 0.25) is 10.0 Å². The number of anilines is 1. The zero-order valence-corrected chi connectivity index (χ0v) is 15.4. The highest BCUT2D eigenvalue weighted by Crippen LogP contribution is 2.37. The molecule has 0 saturated heterocycles. The topological polar surface area (TPSA) is 55.4 Å². The van der Waals surface area contributed by atoms with Gasteiger partial charge in [0.1, 0.15) is 5.75 Å². The highest BCUT2D eigenvalue weighted by atomic mass is 32.2. The number of sulfonamides is 1. The number of ether oxygens (including phenoxy) is 1. The van der Waals surface area contributed by atoms with Gasteiger partial charge in [-0.05, 0) is 36.0 Å². The molecule has 0 radical (unpaired) electrons. The molecule has 2 aromatic carbocycles. The Morgan fingerprint density at radius 3 is 2.32 bits per heavy atom. The van der Waals surface area contributed by atoms with Crippen molar-refractivity contribution in [2.45, 2.75) is 37.9 Å². The van der Waals surface area contributed by atoms with E-state index in [2.05, 4.69) is 18.6 Å². The van der Waals surface area contributed by atoms with Gasteiger partial charge in [-0.2, -0.15) is 0 Å². The monoisotopic (exact) mass is 363 g/mol. The lowest BCUT2D eigenvalue weighted by Gasteiger charge is -2.14. The van der Waals surface area contributed by atoms with Gasteiger partial charge in [-0.15, -0.1) is 0 Å². The Hall–Kier alpha value is -2.08. The van der Waals surface area contributed by atoms with Gasteiger partial charge in [0.05, 0.1) is 18.0 Å². The summed E-state index contributed by atoms with van der Waals surface area (Å²) in [5.41, 5.74) is 2.64. The molecule has 3 rings (SSSR count). The second-order valence-electron chi connectivity index (χ2n) is 6.66. The highest BCUT2D eigenvalue weighted by molar-refractivity contribution is 7.93. The Labute approximate surface area is 148 Å². The van der Waals surface area contributed by atoms with Crippen LogP contribution in [0, 0.1) is 5.82 Å². The van der Waals surface area contributed by atoms with Gasteiger partial charge in [-0.3, -0.25) is 4.72 Å². The maximum atomic E-state index is 14.3. The molecule has 0 spiro atoms. The molecule has 0 amide bonds. The molecule has 1 aliphatic rings. The molecule has 0 aromatic heterocycles. The van der Waals surface area contributed by atoms with Crippen molar-refractivity contribution in [1.29, 1.82) is 0 Å². The lowest BCUT2D eigenvalue weighted by molar-refractivity contribution is 0.413. The van der Waals surface area contributed by atoms with Gasteiger partial charge < -0.3 is 4.74 Å². The first-order chi connectivity index (χ1) is 11.8. The van der Waals surface area contributed by atoms with Crippen LogP contribution in [0.2, 0.25) is 0 Å². The SMILES string of the molecule is COc1cc(F)c(NS(=O)(=O)C2CC2)cc1-c1ccc(C(C)C)cc1. The fourth-order valence-electron chi connectivity index (χ4n) is 2.69. The van der Waals surface area contributed by atoms with Crippen LogP contribution in [0.15, 0.2) is 36.4 Å². The normalized spacial score (nSPS) is 14.6. The van der Waals surface area contributed by atoms with Crippen molar-refractivity contribution in [2.75, 3.05) is 11.8 Å². The van der Waals surface area contributed by atoms with E-state index in [1.807, 2.05) is 24.3 Å². The molecule has 134 valence electrons. The Morgan fingerprint density at radius 2 is 1.80 bits per heavy atom. The fourth-order valence-corrected chi connectivity index (χ4v) is 4.08. The Bertz CT molecular complexity index is 872. The van der Waals surface area contributed by atoms with Gasteiger partial charge in [-0.1, -0.05) is 38.1 Å². The lowest BCUT2D eigenvalue weighted by Crippen LogP contribution is -2.18. The minimum Gasteiger partial charge on any atom is -0.496 e. The predicted molar refractivity (Wildman–Crippen MR) is 98.0 cm³/mol. The van der Waals surface area contributed by atoms with Gasteiger partial charge in [-0.25, -0.2) is 12.8 Å². The number of benzene rings is 2. The largest absolute Gasteiger partial charge is 0.496 e. The van der Waals surface area contributed by atoms with E-state index >= 15 is 0 Å². The van der Waals surface area contributed by atoms with E-state index < -0.39 is 21.1 Å². The van der Waals surface area contributed by atoms with E-state index in [0.717, 1.165) is 5.56 Å². The van der Waals surface area contributed by atoms with E-state index in [-0.39, 0.29) is 5.69 Å². The Kier molecular flexibility index (Phi) is 4.73. The molecule has 4 nitrogen and oxygen atoms in total. The molecule has 1 saturated carbocycles. The molecule has 0 bridgehead atoms. The van der Waals surface area contributed by atoms with Crippen LogP contribution in [-0.4, -0.2) is 20.8 Å². The maximum Gasteiger partial charge on any atom is 0.235 e. The molecule has 1 N–H and O–H groups in total. The summed E-state index contributed by atoms with van der Waals surface area (Å²) in [7, 11) is -2.06. The summed E-state index contributed by atoms with van der Waals surface area (Å²) in [5.74, 6) is 0.123. The van der Waals surface area contributed by atoms with E-state index in [1.165, 1.54) is 24.8 Å². The quantitative estimate of drug-likeness (QED) is 0.820. The Balaban J connectivity index is 2.01. The average molecular weight is 363 g/mol. The number of nitrogens with one attached hydrogen (secondary N) is 1. The molecule has 0 atom stereocenters. The average Bonchev–Trinajstić information content (AvgIpc) is 3.42. The van der Waals surface area contributed by atoms with E-state index in [4.69, 9.17) is 4.74 Å². The van der Waals surface area contributed by atoms with Crippen molar-refractivity contribution in [3.05, 3.63) is 47.8 Å². The molecule has 1 fully saturated rings. The molecular weight excluding hydrogens is 341 g/mol. The summed E-state index contributed by atoms with van der Waals surface area (Å²) in [5, 5.41) is -0.414. The molecule has 0 unspecified atom stereocenters. The van der Waals surface area contributed by atoms with Crippen LogP contribution in [0.1, 0.15) is 38.2 Å². The van der Waals surface area contributed by atoms with Crippen molar-refractivity contribution in [2.24, 2.45) is 0 Å². The third kappa shape index (κ3) is 3.79. The summed E-state index contributed by atoms with van der Waals surface area (Å²) < 4.78 is 46.2. The summed E-state index contributed by atoms with van der Waals surface area (Å²) in [6.45, 7) is 4.22. The van der Waals surface area contributed by atoms with E-state index in [1.54, 1.807) is 0 Å². The third-order valence-corrected chi connectivity index (χ3v) is 6.25. The highest BCUT2D eigenvalue weighted by Gasteiger charge is 2.36. The van der Waals surface area contributed by atoms with Crippen LogP contribution in [0.3, 0.4) is 0 Å². The predicted octanol–water partition coefficient (Wildman–Crippen LogP) is 4.53. The fraction of sp³-hybridized carbons (Fsp3) is 0.368. The summed E-state index contributed by atoms with van der Waals surface area (Å²) in [6.07, 6.45) is 1.24. The number of halogens is 1. The van der Waals surface area contributed by atoms with Crippen molar-refractivity contribution in [3.8, 4) is 16.9 Å². The molecule has 1 aliphatic carbocycles. The van der Waals surface area contributed by atoms with Gasteiger partial charge in [0, 0.05) is 11.6 Å². The zero-order chi connectivity index (χ0) is 18.2. The van der Waals surface area contributed by atoms with E-state index in [9.17, 15) is 12.8 Å². The van der Waals surface area contributed by atoms with Crippen molar-refractivity contribution in [1.82, 2.24) is 0 Å². The molecule has 0 heterocycles. The zero-order valence-electron chi connectivity index (χ0n) is 14.5. The van der Waals surface area contributed by atoms with Crippen LogP contribution in [0.4, 0.5) is 10.1 Å². The second-order valence-corrected chi connectivity index (χ2v) is 8.62. The number of hydrogen-bond acceptors (Lipinski definition) is 3. The Morgan fingerprint density at radius 1 is 1.16 bits per heavy atom. The molecule has 0 aliphatic heterocycles. The van der Waals surface area contributed by atoms with Crippen LogP contribution in [0.25, 0.3) is 11.1 Å². The van der Waals surface area contributed by atoms with Gasteiger partial charge >= 0.3 is 0 Å². The maximum absolute atomic E-state index is 14.3. The minimum atomic E-state index is -3.53. The molecule has 2 aromatic rings. The van der Waals surface area contributed by atoms with Crippen LogP contribution < -0.4 is 9.46 Å². The van der Waals surface area contributed by atoms with Crippen LogP contribution >= 0.6 is 0 Å². The van der Waals surface area contributed by atoms with Crippen molar-refractivity contribution >= 4 is 15.7 Å². The smallest absolute Gasteiger partial charge is 0.235 e. The van der Waals surface area contributed by atoms with Crippen molar-refractivity contribution < 1.29 is 17.5 Å². The first kappa shape index (κ1) is 17.7. The summed E-state index contributed by atoms with van der Waals surface area (Å²) >= 11 is 0. The first-order valence-corrected chi connectivity index (χ1v) is 9.86. The summed E-state index contributed by atoms with van der Waals surface area (Å²) in [4.78, 5) is 0. The standard InChI is InChI=1S/C19H22FNO3S/c1-12(2)13-4-6-14(7-5-13)16-10-18(17(20)11-19(16)24-3)21-25(22,23)15-8-9-15/h4-7,10-12,15,21H,8-9H2,1-3H3. The number of hydrogen-bond donors (Lipinski definition) is 1. The minimum absolute atomic E-state index is 0.0457. The number of rotatable bonds is 6. The lowest BCUT2D eigenvalue weighted by atomic mass is 9.98. The van der Waals surface area contributed by atoms with Gasteiger partial charge in [0.15, 0.2) is 5.82 Å². The van der Waals surface area contributed by atoms with Crippen LogP contribution in [-0.2, 0) is 10.0 Å². The molecular formula is C19H22FNO3S. The molecule has 6 heteroatoms. The summed E-state index contributed by atoms with van der Waals surface area (Å²) in [6, 6.07) is 10.6. The number of methoxy groups -OCH3 is 1. The second kappa shape index (κ2) is 6.67. The third-order valence-electron chi connectivity index (χ3n) is 4.39. The first-order valence-electron chi connectivity index (χ1n) is 8.31. The van der Waals surface area contributed by atoms with Crippen molar-refractivity contribution in [3.63, 3.8) is 0 Å². The van der Waals surface area contributed by atoms with Gasteiger partial charge in [0.25, 0.3) is 0 Å². The van der Waals surface area contributed by atoms with E-state index in [0.29, 0.717) is 30.1 Å². The van der Waals surface area contributed by atoms with Crippen LogP contribution in [0.5, 0.6) is 5.75 Å².